The van der Waals surface area contributed by atoms with Crippen LogP contribution in [-0.2, 0) is 20.9 Å². The first-order valence-corrected chi connectivity index (χ1v) is 9.17. The molecule has 1 saturated carbocycles. The van der Waals surface area contributed by atoms with Crippen LogP contribution in [0.2, 0.25) is 5.15 Å². The molecule has 0 unspecified atom stereocenters. The van der Waals surface area contributed by atoms with E-state index in [2.05, 4.69) is 21.3 Å². The van der Waals surface area contributed by atoms with Crippen molar-refractivity contribution in [1.29, 1.82) is 0 Å². The Kier molecular flexibility index (Phi) is 6.10. The van der Waals surface area contributed by atoms with Crippen molar-refractivity contribution < 1.29 is 14.4 Å². The summed E-state index contributed by atoms with van der Waals surface area (Å²) >= 11 is 6.38. The fourth-order valence-corrected chi connectivity index (χ4v) is 2.77. The van der Waals surface area contributed by atoms with Gasteiger partial charge in [-0.05, 0) is 31.4 Å². The second kappa shape index (κ2) is 8.71. The largest absolute Gasteiger partial charge is 0.345 e. The van der Waals surface area contributed by atoms with Gasteiger partial charge in [-0.1, -0.05) is 41.9 Å². The van der Waals surface area contributed by atoms with E-state index in [1.165, 1.54) is 12.2 Å². The third kappa shape index (κ3) is 5.20. The van der Waals surface area contributed by atoms with E-state index in [1.54, 1.807) is 11.6 Å². The van der Waals surface area contributed by atoms with E-state index in [0.717, 1.165) is 18.4 Å². The molecule has 3 N–H and O–H groups in total. The molecule has 1 aliphatic carbocycles. The molecule has 0 aliphatic heterocycles. The molecule has 3 rings (SSSR count). The van der Waals surface area contributed by atoms with Gasteiger partial charge >= 0.3 is 11.8 Å². The number of hydrazine groups is 1. The lowest BCUT2D eigenvalue weighted by Gasteiger charge is -2.05. The monoisotopic (exact) mass is 401 g/mol. The Morgan fingerprint density at radius 2 is 1.89 bits per heavy atom. The van der Waals surface area contributed by atoms with Gasteiger partial charge in [0.25, 0.3) is 5.91 Å². The standard InChI is InChI=1S/C19H20ClN5O3/c1-12-15(17(20)25(24-12)11-13-5-3-2-4-6-13)9-10-16(26)22-23-19(28)18(27)21-14-7-8-14/h2-6,9-10,14H,7-8,11H2,1H3,(H,21,27)(H,22,26)(H,23,28)/b10-9+. The lowest BCUT2D eigenvalue weighted by molar-refractivity contribution is -0.140. The van der Waals surface area contributed by atoms with Crippen molar-refractivity contribution in [2.45, 2.75) is 32.4 Å². The summed E-state index contributed by atoms with van der Waals surface area (Å²) in [5.41, 5.74) is 6.54. The molecular weight excluding hydrogens is 382 g/mol. The molecule has 8 nitrogen and oxygen atoms in total. The normalized spacial score (nSPS) is 13.4. The number of hydrogen-bond acceptors (Lipinski definition) is 4. The SMILES string of the molecule is Cc1nn(Cc2ccccc2)c(Cl)c1/C=C/C(=O)NNC(=O)C(=O)NC1CC1. The van der Waals surface area contributed by atoms with Crippen molar-refractivity contribution in [2.75, 3.05) is 0 Å². The fourth-order valence-electron chi connectivity index (χ4n) is 2.47. The lowest BCUT2D eigenvalue weighted by atomic mass is 10.2. The minimum Gasteiger partial charge on any atom is -0.345 e. The Morgan fingerprint density at radius 1 is 1.18 bits per heavy atom. The smallest absolute Gasteiger partial charge is 0.327 e. The van der Waals surface area contributed by atoms with Crippen LogP contribution in [0.5, 0.6) is 0 Å². The summed E-state index contributed by atoms with van der Waals surface area (Å²) in [7, 11) is 0. The average Bonchev–Trinajstić information content (AvgIpc) is 3.45. The molecule has 0 radical (unpaired) electrons. The van der Waals surface area contributed by atoms with Crippen molar-refractivity contribution >= 4 is 35.4 Å². The van der Waals surface area contributed by atoms with E-state index < -0.39 is 17.7 Å². The lowest BCUT2D eigenvalue weighted by Crippen LogP contribution is -2.48. The minimum absolute atomic E-state index is 0.0615. The molecule has 28 heavy (non-hydrogen) atoms. The number of amides is 3. The number of carbonyl (C=O) groups is 3. The summed E-state index contributed by atoms with van der Waals surface area (Å²) < 4.78 is 1.65. The Morgan fingerprint density at radius 3 is 2.57 bits per heavy atom. The molecule has 1 fully saturated rings. The molecule has 1 aromatic carbocycles. The van der Waals surface area contributed by atoms with Crippen molar-refractivity contribution in [1.82, 2.24) is 25.9 Å². The zero-order valence-corrected chi connectivity index (χ0v) is 16.0. The van der Waals surface area contributed by atoms with Gasteiger partial charge in [0.2, 0.25) is 0 Å². The molecule has 146 valence electrons. The van der Waals surface area contributed by atoms with Crippen molar-refractivity contribution in [2.24, 2.45) is 0 Å². The minimum atomic E-state index is -0.918. The van der Waals surface area contributed by atoms with Crippen LogP contribution >= 0.6 is 11.6 Å². The van der Waals surface area contributed by atoms with Gasteiger partial charge < -0.3 is 5.32 Å². The van der Waals surface area contributed by atoms with Gasteiger partial charge in [0.15, 0.2) is 0 Å². The number of halogens is 1. The van der Waals surface area contributed by atoms with Crippen molar-refractivity contribution in [3.8, 4) is 0 Å². The Bertz CT molecular complexity index is 919. The first kappa shape index (κ1) is 19.6. The molecular formula is C19H20ClN5O3. The molecule has 0 spiro atoms. The van der Waals surface area contributed by atoms with Gasteiger partial charge in [-0.3, -0.25) is 25.2 Å². The number of rotatable bonds is 5. The maximum atomic E-state index is 11.9. The number of nitrogens with zero attached hydrogens (tertiary/aromatic N) is 2. The topological polar surface area (TPSA) is 105 Å². The summed E-state index contributed by atoms with van der Waals surface area (Å²) in [6, 6.07) is 9.80. The maximum absolute atomic E-state index is 11.9. The van der Waals surface area contributed by atoms with Crippen LogP contribution in [-0.4, -0.2) is 33.5 Å². The van der Waals surface area contributed by atoms with Crippen LogP contribution in [0.15, 0.2) is 36.4 Å². The third-order valence-electron chi connectivity index (χ3n) is 4.10. The van der Waals surface area contributed by atoms with E-state index in [-0.39, 0.29) is 6.04 Å². The zero-order chi connectivity index (χ0) is 20.1. The number of aromatic nitrogens is 2. The molecule has 9 heteroatoms. The van der Waals surface area contributed by atoms with Crippen molar-refractivity contribution in [3.63, 3.8) is 0 Å². The summed E-state index contributed by atoms with van der Waals surface area (Å²) in [5.74, 6) is -2.29. The molecule has 1 heterocycles. The molecule has 0 atom stereocenters. The molecule has 1 aromatic heterocycles. The fraction of sp³-hybridized carbons (Fsp3) is 0.263. The summed E-state index contributed by atoms with van der Waals surface area (Å²) in [6.07, 6.45) is 4.46. The van der Waals surface area contributed by atoms with Gasteiger partial charge in [0.1, 0.15) is 5.15 Å². The van der Waals surface area contributed by atoms with E-state index in [4.69, 9.17) is 11.6 Å². The predicted octanol–water partition coefficient (Wildman–Crippen LogP) is 1.33. The van der Waals surface area contributed by atoms with Crippen LogP contribution < -0.4 is 16.2 Å². The number of hydrogen-bond donors (Lipinski definition) is 3. The van der Waals surface area contributed by atoms with Gasteiger partial charge in [0.05, 0.1) is 12.2 Å². The maximum Gasteiger partial charge on any atom is 0.327 e. The summed E-state index contributed by atoms with van der Waals surface area (Å²) in [5, 5.41) is 7.32. The highest BCUT2D eigenvalue weighted by molar-refractivity contribution is 6.35. The second-order valence-electron chi connectivity index (χ2n) is 6.46. The van der Waals surface area contributed by atoms with Gasteiger partial charge in [-0.15, -0.1) is 0 Å². The molecule has 1 aliphatic rings. The Balaban J connectivity index is 1.56. The van der Waals surface area contributed by atoms with Crippen LogP contribution in [0.3, 0.4) is 0 Å². The van der Waals surface area contributed by atoms with E-state index in [9.17, 15) is 14.4 Å². The van der Waals surface area contributed by atoms with Crippen molar-refractivity contribution in [3.05, 3.63) is 58.4 Å². The van der Waals surface area contributed by atoms with Crippen LogP contribution in [0.25, 0.3) is 6.08 Å². The summed E-state index contributed by atoms with van der Waals surface area (Å²) in [6.45, 7) is 2.29. The van der Waals surface area contributed by atoms with Gasteiger partial charge in [-0.2, -0.15) is 5.10 Å². The number of carbonyl (C=O) groups excluding carboxylic acids is 3. The quantitative estimate of drug-likeness (QED) is 0.399. The highest BCUT2D eigenvalue weighted by atomic mass is 35.5. The molecule has 3 amide bonds. The van der Waals surface area contributed by atoms with E-state index in [0.29, 0.717) is 23.0 Å². The first-order valence-electron chi connectivity index (χ1n) is 8.79. The average molecular weight is 402 g/mol. The molecule has 0 bridgehead atoms. The Labute approximate surface area is 166 Å². The van der Waals surface area contributed by atoms with Crippen LogP contribution in [0, 0.1) is 6.92 Å². The van der Waals surface area contributed by atoms with Crippen LogP contribution in [0.4, 0.5) is 0 Å². The highest BCUT2D eigenvalue weighted by Crippen LogP contribution is 2.22. The zero-order valence-electron chi connectivity index (χ0n) is 15.2. The third-order valence-corrected chi connectivity index (χ3v) is 4.50. The molecule has 0 saturated heterocycles. The summed E-state index contributed by atoms with van der Waals surface area (Å²) in [4.78, 5) is 35.0. The van der Waals surface area contributed by atoms with E-state index >= 15 is 0 Å². The highest BCUT2D eigenvalue weighted by Gasteiger charge is 2.26. The molecule has 2 aromatic rings. The van der Waals surface area contributed by atoms with Gasteiger partial charge in [0, 0.05) is 17.7 Å². The number of aryl methyl sites for hydroxylation is 1. The predicted molar refractivity (Wildman–Crippen MR) is 104 cm³/mol. The van der Waals surface area contributed by atoms with Gasteiger partial charge in [-0.25, -0.2) is 4.68 Å². The Hall–Kier alpha value is -3.13. The number of benzene rings is 1. The van der Waals surface area contributed by atoms with E-state index in [1.807, 2.05) is 30.3 Å². The van der Waals surface area contributed by atoms with Crippen LogP contribution in [0.1, 0.15) is 29.7 Å². The second-order valence-corrected chi connectivity index (χ2v) is 6.82. The number of nitrogens with one attached hydrogen (secondary N) is 3. The first-order chi connectivity index (χ1) is 13.4.